The van der Waals surface area contributed by atoms with Gasteiger partial charge in [0.15, 0.2) is 0 Å². The molecule has 4 unspecified atom stereocenters. The van der Waals surface area contributed by atoms with Crippen molar-refractivity contribution in [3.63, 3.8) is 0 Å². The SMILES string of the molecule is COC(=O)CC1SC(C(C)c2ccccc2C(=O)O)OC1OC(C)=O. The molecular formula is C17H20O7S. The normalized spacial score (nSPS) is 23.7. The largest absolute Gasteiger partial charge is 0.478 e. The van der Waals surface area contributed by atoms with Gasteiger partial charge in [-0.05, 0) is 11.6 Å². The van der Waals surface area contributed by atoms with Crippen LogP contribution >= 0.6 is 11.8 Å². The second-order valence-corrected chi connectivity index (χ2v) is 6.96. The van der Waals surface area contributed by atoms with Crippen molar-refractivity contribution in [1.82, 2.24) is 0 Å². The molecule has 0 amide bonds. The van der Waals surface area contributed by atoms with E-state index in [2.05, 4.69) is 4.74 Å². The third-order valence-electron chi connectivity index (χ3n) is 3.85. The van der Waals surface area contributed by atoms with Crippen LogP contribution in [0.5, 0.6) is 0 Å². The minimum atomic E-state index is -1.02. The smallest absolute Gasteiger partial charge is 0.335 e. The van der Waals surface area contributed by atoms with Crippen molar-refractivity contribution in [2.45, 2.75) is 43.2 Å². The molecule has 2 rings (SSSR count). The van der Waals surface area contributed by atoms with Gasteiger partial charge in [0.2, 0.25) is 6.29 Å². The monoisotopic (exact) mass is 368 g/mol. The van der Waals surface area contributed by atoms with E-state index in [4.69, 9.17) is 9.47 Å². The molecule has 0 aliphatic carbocycles. The fourth-order valence-corrected chi connectivity index (χ4v) is 4.00. The number of hydrogen-bond acceptors (Lipinski definition) is 7. The standard InChI is InChI=1S/C17H20O7S/c1-9(11-6-4-5-7-12(11)15(20)21)17-24-16(23-10(2)18)13(25-17)8-14(19)22-3/h4-7,9,13,16-17H,8H2,1-3H3,(H,20,21). The Labute approximate surface area is 149 Å². The Morgan fingerprint density at radius 3 is 2.60 bits per heavy atom. The highest BCUT2D eigenvalue weighted by molar-refractivity contribution is 8.00. The van der Waals surface area contributed by atoms with E-state index in [1.165, 1.54) is 31.9 Å². The molecule has 0 bridgehead atoms. The van der Waals surface area contributed by atoms with Gasteiger partial charge in [-0.3, -0.25) is 9.59 Å². The van der Waals surface area contributed by atoms with Gasteiger partial charge >= 0.3 is 17.9 Å². The number of carbonyl (C=O) groups excluding carboxylic acids is 2. The zero-order valence-corrected chi connectivity index (χ0v) is 14.9. The zero-order chi connectivity index (χ0) is 18.6. The lowest BCUT2D eigenvalue weighted by atomic mass is 9.96. The second kappa shape index (κ2) is 8.35. The summed E-state index contributed by atoms with van der Waals surface area (Å²) in [7, 11) is 1.28. The molecule has 1 N–H and O–H groups in total. The number of esters is 2. The van der Waals surface area contributed by atoms with Crippen molar-refractivity contribution in [3.8, 4) is 0 Å². The molecule has 4 atom stereocenters. The average Bonchev–Trinajstić information content (AvgIpc) is 2.95. The minimum Gasteiger partial charge on any atom is -0.478 e. The van der Waals surface area contributed by atoms with Crippen molar-refractivity contribution >= 4 is 29.7 Å². The Bertz CT molecular complexity index is 660. The minimum absolute atomic E-state index is 0.0307. The van der Waals surface area contributed by atoms with Crippen molar-refractivity contribution in [3.05, 3.63) is 35.4 Å². The summed E-state index contributed by atoms with van der Waals surface area (Å²) in [5.74, 6) is -2.25. The number of hydrogen-bond donors (Lipinski definition) is 1. The van der Waals surface area contributed by atoms with Crippen LogP contribution in [0.2, 0.25) is 0 Å². The van der Waals surface area contributed by atoms with Crippen LogP contribution in [0.3, 0.4) is 0 Å². The maximum atomic E-state index is 11.6. The third kappa shape index (κ3) is 4.73. The summed E-state index contributed by atoms with van der Waals surface area (Å²) in [6.07, 6.45) is -0.853. The predicted molar refractivity (Wildman–Crippen MR) is 90.3 cm³/mol. The number of benzene rings is 1. The van der Waals surface area contributed by atoms with E-state index in [1.807, 2.05) is 6.92 Å². The van der Waals surface area contributed by atoms with Crippen LogP contribution in [0, 0.1) is 0 Å². The van der Waals surface area contributed by atoms with Gasteiger partial charge in [0, 0.05) is 12.8 Å². The molecule has 7 nitrogen and oxygen atoms in total. The highest BCUT2D eigenvalue weighted by Crippen LogP contribution is 2.43. The molecule has 136 valence electrons. The molecular weight excluding hydrogens is 348 g/mol. The third-order valence-corrected chi connectivity index (χ3v) is 5.37. The lowest BCUT2D eigenvalue weighted by Crippen LogP contribution is -2.28. The summed E-state index contributed by atoms with van der Waals surface area (Å²) in [6, 6.07) is 6.67. The van der Waals surface area contributed by atoms with E-state index in [0.717, 1.165) is 0 Å². The first-order valence-corrected chi connectivity index (χ1v) is 8.65. The molecule has 1 heterocycles. The van der Waals surface area contributed by atoms with Crippen LogP contribution in [0.1, 0.15) is 42.1 Å². The number of methoxy groups -OCH3 is 1. The molecule has 1 fully saturated rings. The number of ether oxygens (including phenoxy) is 3. The number of carboxylic acid groups (broad SMARTS) is 1. The van der Waals surface area contributed by atoms with Crippen LogP contribution in [0.4, 0.5) is 0 Å². The van der Waals surface area contributed by atoms with E-state index in [-0.39, 0.29) is 17.9 Å². The molecule has 0 aromatic heterocycles. The van der Waals surface area contributed by atoms with Crippen molar-refractivity contribution in [1.29, 1.82) is 0 Å². The van der Waals surface area contributed by atoms with Crippen LogP contribution in [-0.4, -0.2) is 47.1 Å². The highest BCUT2D eigenvalue weighted by Gasteiger charge is 2.42. The number of rotatable bonds is 6. The Kier molecular flexibility index (Phi) is 6.44. The van der Waals surface area contributed by atoms with E-state index < -0.39 is 34.9 Å². The summed E-state index contributed by atoms with van der Waals surface area (Å²) in [5, 5.41) is 8.94. The lowest BCUT2D eigenvalue weighted by molar-refractivity contribution is -0.177. The van der Waals surface area contributed by atoms with Gasteiger partial charge in [-0.2, -0.15) is 0 Å². The van der Waals surface area contributed by atoms with E-state index in [0.29, 0.717) is 5.56 Å². The molecule has 0 radical (unpaired) electrons. The Morgan fingerprint density at radius 1 is 1.32 bits per heavy atom. The zero-order valence-electron chi connectivity index (χ0n) is 14.1. The van der Waals surface area contributed by atoms with Gasteiger partial charge in [-0.25, -0.2) is 4.79 Å². The van der Waals surface area contributed by atoms with E-state index in [1.54, 1.807) is 18.2 Å². The van der Waals surface area contributed by atoms with Gasteiger partial charge in [0.1, 0.15) is 5.44 Å². The second-order valence-electron chi connectivity index (χ2n) is 5.62. The van der Waals surface area contributed by atoms with Crippen LogP contribution in [-0.2, 0) is 23.8 Å². The first-order valence-electron chi connectivity index (χ1n) is 7.70. The van der Waals surface area contributed by atoms with Crippen LogP contribution in [0.15, 0.2) is 24.3 Å². The summed E-state index contributed by atoms with van der Waals surface area (Å²) in [4.78, 5) is 34.3. The summed E-state index contributed by atoms with van der Waals surface area (Å²) in [5.41, 5.74) is 0.354. The summed E-state index contributed by atoms with van der Waals surface area (Å²) < 4.78 is 15.6. The highest BCUT2D eigenvalue weighted by atomic mass is 32.2. The molecule has 1 aliphatic rings. The Morgan fingerprint density at radius 2 is 2.00 bits per heavy atom. The molecule has 1 saturated heterocycles. The maximum Gasteiger partial charge on any atom is 0.335 e. The molecule has 1 aliphatic heterocycles. The number of thioether (sulfide) groups is 1. The van der Waals surface area contributed by atoms with Gasteiger partial charge in [0.25, 0.3) is 0 Å². The number of carboxylic acids is 1. The summed E-state index contributed by atoms with van der Waals surface area (Å²) >= 11 is 1.33. The predicted octanol–water partition coefficient (Wildman–Crippen LogP) is 2.40. The van der Waals surface area contributed by atoms with Gasteiger partial charge in [-0.1, -0.05) is 25.1 Å². The molecule has 8 heteroatoms. The average molecular weight is 368 g/mol. The lowest BCUT2D eigenvalue weighted by Gasteiger charge is -2.20. The van der Waals surface area contributed by atoms with Crippen molar-refractivity contribution < 1.29 is 33.7 Å². The van der Waals surface area contributed by atoms with Crippen LogP contribution in [0.25, 0.3) is 0 Å². The molecule has 0 spiro atoms. The quantitative estimate of drug-likeness (QED) is 0.764. The number of aromatic carboxylic acids is 1. The molecule has 25 heavy (non-hydrogen) atoms. The van der Waals surface area contributed by atoms with Gasteiger partial charge < -0.3 is 19.3 Å². The maximum absolute atomic E-state index is 11.6. The summed E-state index contributed by atoms with van der Waals surface area (Å²) in [6.45, 7) is 3.10. The fourth-order valence-electron chi connectivity index (χ4n) is 2.62. The topological polar surface area (TPSA) is 99.1 Å². The van der Waals surface area contributed by atoms with Gasteiger partial charge in [0.05, 0.1) is 24.3 Å². The molecule has 0 saturated carbocycles. The first-order chi connectivity index (χ1) is 11.8. The fraction of sp³-hybridized carbons (Fsp3) is 0.471. The molecule has 1 aromatic rings. The Hall–Kier alpha value is -2.06. The Balaban J connectivity index is 2.20. The van der Waals surface area contributed by atoms with E-state index >= 15 is 0 Å². The van der Waals surface area contributed by atoms with Crippen LogP contribution < -0.4 is 0 Å². The van der Waals surface area contributed by atoms with Crippen molar-refractivity contribution in [2.24, 2.45) is 0 Å². The van der Waals surface area contributed by atoms with Gasteiger partial charge in [-0.15, -0.1) is 11.8 Å². The first kappa shape index (κ1) is 19.3. The number of carbonyl (C=O) groups is 3. The molecule has 1 aromatic carbocycles. The van der Waals surface area contributed by atoms with E-state index in [9.17, 15) is 19.5 Å². The van der Waals surface area contributed by atoms with Crippen molar-refractivity contribution in [2.75, 3.05) is 7.11 Å².